The van der Waals surface area contributed by atoms with Gasteiger partial charge in [-0.05, 0) is 24.6 Å². The Hall–Kier alpha value is -1.06. The van der Waals surface area contributed by atoms with Gasteiger partial charge in [0.2, 0.25) is 0 Å². The largest absolute Gasteiger partial charge is 0.494 e. The van der Waals surface area contributed by atoms with Crippen molar-refractivity contribution in [3.8, 4) is 5.75 Å². The Morgan fingerprint density at radius 1 is 1.47 bits per heavy atom. The predicted octanol–water partition coefficient (Wildman–Crippen LogP) is 2.00. The molecule has 0 unspecified atom stereocenters. The maximum absolute atomic E-state index is 5.50. The Balaban J connectivity index is 1.80. The van der Waals surface area contributed by atoms with Crippen molar-refractivity contribution < 1.29 is 14.2 Å². The SMILES string of the molecule is CCOc1cccc(COC[C@H]2CO2)c1. The molecule has 1 aromatic rings. The average molecular weight is 208 g/mol. The standard InChI is InChI=1S/C12H16O3/c1-2-14-11-5-3-4-10(6-11)7-13-8-12-9-15-12/h3-6,12H,2,7-9H2,1H3/t12-/m0/s1. The fourth-order valence-corrected chi connectivity index (χ4v) is 1.36. The molecule has 15 heavy (non-hydrogen) atoms. The monoisotopic (exact) mass is 208 g/mol. The molecule has 0 amide bonds. The van der Waals surface area contributed by atoms with Gasteiger partial charge in [0.05, 0.1) is 26.4 Å². The summed E-state index contributed by atoms with van der Waals surface area (Å²) in [7, 11) is 0. The summed E-state index contributed by atoms with van der Waals surface area (Å²) in [5, 5.41) is 0. The molecule has 1 heterocycles. The number of rotatable bonds is 6. The van der Waals surface area contributed by atoms with Gasteiger partial charge in [0.15, 0.2) is 0 Å². The van der Waals surface area contributed by atoms with Crippen molar-refractivity contribution >= 4 is 0 Å². The highest BCUT2D eigenvalue weighted by molar-refractivity contribution is 5.28. The fourth-order valence-electron chi connectivity index (χ4n) is 1.36. The molecule has 0 bridgehead atoms. The van der Waals surface area contributed by atoms with E-state index in [-0.39, 0.29) is 0 Å². The fraction of sp³-hybridized carbons (Fsp3) is 0.500. The molecule has 1 aliphatic heterocycles. The van der Waals surface area contributed by atoms with Crippen molar-refractivity contribution in [2.45, 2.75) is 19.6 Å². The average Bonchev–Trinajstić information content (AvgIpc) is 3.03. The lowest BCUT2D eigenvalue weighted by Gasteiger charge is -2.06. The molecule has 3 nitrogen and oxygen atoms in total. The van der Waals surface area contributed by atoms with Crippen LogP contribution in [0.5, 0.6) is 5.75 Å². The van der Waals surface area contributed by atoms with E-state index in [9.17, 15) is 0 Å². The summed E-state index contributed by atoms with van der Waals surface area (Å²) >= 11 is 0. The molecule has 82 valence electrons. The third kappa shape index (κ3) is 3.53. The van der Waals surface area contributed by atoms with E-state index in [1.807, 2.05) is 31.2 Å². The van der Waals surface area contributed by atoms with Gasteiger partial charge in [-0.3, -0.25) is 0 Å². The van der Waals surface area contributed by atoms with Crippen LogP contribution in [-0.4, -0.2) is 25.9 Å². The first kappa shape index (κ1) is 10.5. The van der Waals surface area contributed by atoms with E-state index >= 15 is 0 Å². The number of ether oxygens (including phenoxy) is 3. The lowest BCUT2D eigenvalue weighted by Crippen LogP contribution is -2.01. The van der Waals surface area contributed by atoms with Crippen molar-refractivity contribution in [2.75, 3.05) is 19.8 Å². The van der Waals surface area contributed by atoms with Crippen LogP contribution >= 0.6 is 0 Å². The Kier molecular flexibility index (Phi) is 3.59. The first-order valence-corrected chi connectivity index (χ1v) is 5.29. The summed E-state index contributed by atoms with van der Waals surface area (Å²) in [6.07, 6.45) is 0.333. The summed E-state index contributed by atoms with van der Waals surface area (Å²) in [5.41, 5.74) is 1.14. The first-order chi connectivity index (χ1) is 7.38. The molecule has 1 saturated heterocycles. The molecule has 1 atom stereocenters. The molecular weight excluding hydrogens is 192 g/mol. The maximum atomic E-state index is 5.50. The minimum atomic E-state index is 0.333. The van der Waals surface area contributed by atoms with E-state index in [4.69, 9.17) is 14.2 Å². The highest BCUT2D eigenvalue weighted by Gasteiger charge is 2.22. The van der Waals surface area contributed by atoms with Crippen LogP contribution in [0.1, 0.15) is 12.5 Å². The van der Waals surface area contributed by atoms with Gasteiger partial charge in [-0.2, -0.15) is 0 Å². The smallest absolute Gasteiger partial charge is 0.119 e. The maximum Gasteiger partial charge on any atom is 0.119 e. The molecule has 2 rings (SSSR count). The zero-order valence-corrected chi connectivity index (χ0v) is 8.94. The first-order valence-electron chi connectivity index (χ1n) is 5.29. The van der Waals surface area contributed by atoms with Crippen LogP contribution in [0.15, 0.2) is 24.3 Å². The summed E-state index contributed by atoms with van der Waals surface area (Å²) in [6, 6.07) is 7.99. The molecule has 0 radical (unpaired) electrons. The van der Waals surface area contributed by atoms with Crippen LogP contribution in [0.2, 0.25) is 0 Å². The minimum absolute atomic E-state index is 0.333. The molecule has 0 spiro atoms. The van der Waals surface area contributed by atoms with Crippen LogP contribution in [0.3, 0.4) is 0 Å². The van der Waals surface area contributed by atoms with Crippen molar-refractivity contribution in [3.05, 3.63) is 29.8 Å². The van der Waals surface area contributed by atoms with Gasteiger partial charge in [0.25, 0.3) is 0 Å². The zero-order chi connectivity index (χ0) is 10.5. The normalized spacial score (nSPS) is 18.9. The summed E-state index contributed by atoms with van der Waals surface area (Å²) in [4.78, 5) is 0. The van der Waals surface area contributed by atoms with Crippen LogP contribution in [0, 0.1) is 0 Å². The molecule has 0 aromatic heterocycles. The van der Waals surface area contributed by atoms with Gasteiger partial charge < -0.3 is 14.2 Å². The predicted molar refractivity (Wildman–Crippen MR) is 57.0 cm³/mol. The molecule has 0 aliphatic carbocycles. The van der Waals surface area contributed by atoms with Gasteiger partial charge >= 0.3 is 0 Å². The number of hydrogen-bond donors (Lipinski definition) is 0. The van der Waals surface area contributed by atoms with Gasteiger partial charge in [-0.1, -0.05) is 12.1 Å². The van der Waals surface area contributed by atoms with E-state index in [2.05, 4.69) is 0 Å². The highest BCUT2D eigenvalue weighted by Crippen LogP contribution is 2.15. The van der Waals surface area contributed by atoms with Crippen LogP contribution < -0.4 is 4.74 Å². The topological polar surface area (TPSA) is 31.0 Å². The lowest BCUT2D eigenvalue weighted by atomic mass is 10.2. The molecule has 1 fully saturated rings. The molecule has 0 saturated carbocycles. The second kappa shape index (κ2) is 5.14. The quantitative estimate of drug-likeness (QED) is 0.670. The van der Waals surface area contributed by atoms with E-state index in [1.54, 1.807) is 0 Å². The second-order valence-electron chi connectivity index (χ2n) is 3.55. The Morgan fingerprint density at radius 2 is 2.33 bits per heavy atom. The van der Waals surface area contributed by atoms with Gasteiger partial charge in [0.1, 0.15) is 11.9 Å². The van der Waals surface area contributed by atoms with Gasteiger partial charge in [-0.25, -0.2) is 0 Å². The van der Waals surface area contributed by atoms with Crippen molar-refractivity contribution in [3.63, 3.8) is 0 Å². The minimum Gasteiger partial charge on any atom is -0.494 e. The molecule has 1 aliphatic rings. The van der Waals surface area contributed by atoms with Gasteiger partial charge in [-0.15, -0.1) is 0 Å². The molecular formula is C12H16O3. The van der Waals surface area contributed by atoms with Crippen LogP contribution in [-0.2, 0) is 16.1 Å². The van der Waals surface area contributed by atoms with E-state index in [1.165, 1.54) is 0 Å². The number of hydrogen-bond acceptors (Lipinski definition) is 3. The Morgan fingerprint density at radius 3 is 3.07 bits per heavy atom. The molecule has 1 aromatic carbocycles. The van der Waals surface area contributed by atoms with Crippen molar-refractivity contribution in [2.24, 2.45) is 0 Å². The van der Waals surface area contributed by atoms with Crippen molar-refractivity contribution in [1.29, 1.82) is 0 Å². The lowest BCUT2D eigenvalue weighted by molar-refractivity contribution is 0.104. The van der Waals surface area contributed by atoms with Crippen LogP contribution in [0.25, 0.3) is 0 Å². The third-order valence-corrected chi connectivity index (χ3v) is 2.18. The highest BCUT2D eigenvalue weighted by atomic mass is 16.6. The summed E-state index contributed by atoms with van der Waals surface area (Å²) < 4.78 is 16.0. The summed E-state index contributed by atoms with van der Waals surface area (Å²) in [6.45, 7) is 4.84. The van der Waals surface area contributed by atoms with Gasteiger partial charge in [0, 0.05) is 0 Å². The van der Waals surface area contributed by atoms with Crippen molar-refractivity contribution in [1.82, 2.24) is 0 Å². The number of benzene rings is 1. The zero-order valence-electron chi connectivity index (χ0n) is 8.94. The Labute approximate surface area is 90.0 Å². The van der Waals surface area contributed by atoms with E-state index < -0.39 is 0 Å². The second-order valence-corrected chi connectivity index (χ2v) is 3.55. The van der Waals surface area contributed by atoms with E-state index in [0.29, 0.717) is 25.9 Å². The molecule has 3 heteroatoms. The number of epoxide rings is 1. The summed E-state index contributed by atoms with van der Waals surface area (Å²) in [5.74, 6) is 0.904. The Bertz CT molecular complexity index is 307. The van der Waals surface area contributed by atoms with E-state index in [0.717, 1.165) is 17.9 Å². The third-order valence-electron chi connectivity index (χ3n) is 2.18. The molecule has 0 N–H and O–H groups in total. The van der Waals surface area contributed by atoms with Crippen LogP contribution in [0.4, 0.5) is 0 Å².